The van der Waals surface area contributed by atoms with Crippen molar-refractivity contribution in [2.45, 2.75) is 58.9 Å². The van der Waals surface area contributed by atoms with E-state index in [-0.39, 0.29) is 23.8 Å². The molecule has 0 unspecified atom stereocenters. The van der Waals surface area contributed by atoms with Crippen molar-refractivity contribution in [2.24, 2.45) is 5.92 Å². The van der Waals surface area contributed by atoms with Gasteiger partial charge in [-0.05, 0) is 24.5 Å². The van der Waals surface area contributed by atoms with Crippen LogP contribution in [0, 0.1) is 5.92 Å². The zero-order valence-corrected chi connectivity index (χ0v) is 16.3. The van der Waals surface area contributed by atoms with Crippen LogP contribution in [0.5, 0.6) is 0 Å². The first kappa shape index (κ1) is 19.1. The van der Waals surface area contributed by atoms with Gasteiger partial charge in [0.2, 0.25) is 11.8 Å². The minimum atomic E-state index is -0.152. The van der Waals surface area contributed by atoms with E-state index in [0.717, 1.165) is 16.9 Å². The zero-order chi connectivity index (χ0) is 19.4. The molecular weight excluding hydrogens is 342 g/mol. The largest absolute Gasteiger partial charge is 0.346 e. The van der Waals surface area contributed by atoms with Gasteiger partial charge in [-0.3, -0.25) is 4.79 Å². The quantitative estimate of drug-likeness (QED) is 0.627. The molecule has 7 nitrogen and oxygen atoms in total. The molecule has 0 bridgehead atoms. The van der Waals surface area contributed by atoms with Crippen LogP contribution in [0.15, 0.2) is 28.8 Å². The summed E-state index contributed by atoms with van der Waals surface area (Å²) in [7, 11) is 0. The maximum atomic E-state index is 12.4. The van der Waals surface area contributed by atoms with Crippen molar-refractivity contribution in [3.05, 3.63) is 41.8 Å². The third kappa shape index (κ3) is 4.72. The number of fused-ring (bicyclic) bond motifs is 1. The molecule has 144 valence electrons. The number of rotatable bonds is 8. The average Bonchev–Trinajstić information content (AvgIpc) is 3.26. The highest BCUT2D eigenvalue weighted by molar-refractivity contribution is 5.77. The molecule has 0 fully saturated rings. The Bertz CT molecular complexity index is 864. The van der Waals surface area contributed by atoms with E-state index in [4.69, 9.17) is 4.52 Å². The molecule has 7 heteroatoms. The molecule has 0 saturated carbocycles. The molecule has 3 aromatic rings. The number of H-pyrrole nitrogens is 1. The molecule has 0 aliphatic heterocycles. The van der Waals surface area contributed by atoms with Gasteiger partial charge < -0.3 is 14.8 Å². The predicted octanol–water partition coefficient (Wildman–Crippen LogP) is 3.91. The van der Waals surface area contributed by atoms with Crippen LogP contribution in [0.4, 0.5) is 0 Å². The molecule has 27 heavy (non-hydrogen) atoms. The summed E-state index contributed by atoms with van der Waals surface area (Å²) in [6.07, 6.45) is 1.67. The van der Waals surface area contributed by atoms with Gasteiger partial charge in [-0.1, -0.05) is 45.0 Å². The van der Waals surface area contributed by atoms with Gasteiger partial charge in [0.1, 0.15) is 5.82 Å². The number of hydrogen-bond donors (Lipinski definition) is 2. The number of para-hydroxylation sites is 2. The summed E-state index contributed by atoms with van der Waals surface area (Å²) in [5.41, 5.74) is 1.88. The first-order chi connectivity index (χ1) is 12.9. The highest BCUT2D eigenvalue weighted by Gasteiger charge is 2.21. The first-order valence-corrected chi connectivity index (χ1v) is 9.50. The Labute approximate surface area is 159 Å². The number of aromatic amines is 1. The Hall–Kier alpha value is -2.70. The van der Waals surface area contributed by atoms with Gasteiger partial charge in [0.05, 0.1) is 17.1 Å². The second-order valence-corrected chi connectivity index (χ2v) is 7.48. The molecule has 2 heterocycles. The molecule has 2 N–H and O–H groups in total. The summed E-state index contributed by atoms with van der Waals surface area (Å²) in [5, 5.41) is 7.05. The van der Waals surface area contributed by atoms with E-state index >= 15 is 0 Å². The molecule has 1 atom stereocenters. The van der Waals surface area contributed by atoms with Crippen molar-refractivity contribution in [3.63, 3.8) is 0 Å². The Morgan fingerprint density at radius 3 is 2.63 bits per heavy atom. The van der Waals surface area contributed by atoms with Crippen LogP contribution in [0.3, 0.4) is 0 Å². The Morgan fingerprint density at radius 1 is 1.19 bits per heavy atom. The Kier molecular flexibility index (Phi) is 5.88. The van der Waals surface area contributed by atoms with Crippen LogP contribution >= 0.6 is 0 Å². The van der Waals surface area contributed by atoms with Crippen molar-refractivity contribution in [3.8, 4) is 0 Å². The summed E-state index contributed by atoms with van der Waals surface area (Å²) in [6.45, 7) is 8.19. The fourth-order valence-corrected chi connectivity index (χ4v) is 2.92. The van der Waals surface area contributed by atoms with E-state index in [0.29, 0.717) is 31.0 Å². The molecule has 3 rings (SSSR count). The standard InChI is InChI=1S/C20H27N5O2/c1-12(2)18(20-21-14-8-5-6-9-15(14)22-20)23-16(26)10-7-11-17-24-19(13(3)4)25-27-17/h5-6,8-9,12-13,18H,7,10-11H2,1-4H3,(H,21,22)(H,23,26)/t18-/m0/s1. The first-order valence-electron chi connectivity index (χ1n) is 9.50. The van der Waals surface area contributed by atoms with Crippen molar-refractivity contribution < 1.29 is 9.32 Å². The fraction of sp³-hybridized carbons (Fsp3) is 0.500. The lowest BCUT2D eigenvalue weighted by atomic mass is 10.0. The number of benzene rings is 1. The van der Waals surface area contributed by atoms with E-state index in [1.54, 1.807) is 0 Å². The van der Waals surface area contributed by atoms with E-state index in [9.17, 15) is 4.79 Å². The maximum absolute atomic E-state index is 12.4. The highest BCUT2D eigenvalue weighted by atomic mass is 16.5. The van der Waals surface area contributed by atoms with E-state index in [2.05, 4.69) is 39.3 Å². The molecule has 0 aliphatic rings. The lowest BCUT2D eigenvalue weighted by Crippen LogP contribution is -2.32. The van der Waals surface area contributed by atoms with Crippen LogP contribution in [0.1, 0.15) is 70.0 Å². The van der Waals surface area contributed by atoms with Gasteiger partial charge in [0, 0.05) is 18.8 Å². The predicted molar refractivity (Wildman–Crippen MR) is 103 cm³/mol. The van der Waals surface area contributed by atoms with Gasteiger partial charge in [-0.2, -0.15) is 4.98 Å². The number of aromatic nitrogens is 4. The zero-order valence-electron chi connectivity index (χ0n) is 16.3. The summed E-state index contributed by atoms with van der Waals surface area (Å²) in [4.78, 5) is 24.7. The van der Waals surface area contributed by atoms with E-state index < -0.39 is 0 Å². The van der Waals surface area contributed by atoms with Crippen molar-refractivity contribution in [1.82, 2.24) is 25.4 Å². The van der Waals surface area contributed by atoms with Crippen molar-refractivity contribution in [2.75, 3.05) is 0 Å². The third-order valence-corrected chi connectivity index (χ3v) is 4.48. The molecule has 0 spiro atoms. The van der Waals surface area contributed by atoms with Gasteiger partial charge >= 0.3 is 0 Å². The number of nitrogens with zero attached hydrogens (tertiary/aromatic N) is 3. The van der Waals surface area contributed by atoms with Gasteiger partial charge in [-0.15, -0.1) is 0 Å². The van der Waals surface area contributed by atoms with Crippen LogP contribution in [-0.4, -0.2) is 26.0 Å². The second-order valence-electron chi connectivity index (χ2n) is 7.48. The van der Waals surface area contributed by atoms with Crippen LogP contribution in [0.2, 0.25) is 0 Å². The van der Waals surface area contributed by atoms with Crippen molar-refractivity contribution in [1.29, 1.82) is 0 Å². The maximum Gasteiger partial charge on any atom is 0.226 e. The molecular formula is C20H27N5O2. The second kappa shape index (κ2) is 8.33. The monoisotopic (exact) mass is 369 g/mol. The SMILES string of the molecule is CC(C)c1noc(CCCC(=O)N[C@H](c2nc3ccccc3[nH]2)C(C)C)n1. The fourth-order valence-electron chi connectivity index (χ4n) is 2.92. The molecule has 1 amide bonds. The topological polar surface area (TPSA) is 96.7 Å². The Balaban J connectivity index is 1.56. The molecule has 2 aromatic heterocycles. The number of nitrogens with one attached hydrogen (secondary N) is 2. The van der Waals surface area contributed by atoms with Crippen LogP contribution in [0.25, 0.3) is 11.0 Å². The van der Waals surface area contributed by atoms with E-state index in [1.165, 1.54) is 0 Å². The lowest BCUT2D eigenvalue weighted by molar-refractivity contribution is -0.122. The molecule has 1 aromatic carbocycles. The summed E-state index contributed by atoms with van der Waals surface area (Å²) >= 11 is 0. The lowest BCUT2D eigenvalue weighted by Gasteiger charge is -2.20. The smallest absolute Gasteiger partial charge is 0.226 e. The van der Waals surface area contributed by atoms with Gasteiger partial charge in [0.25, 0.3) is 0 Å². The Morgan fingerprint density at radius 2 is 1.96 bits per heavy atom. The number of carbonyl (C=O) groups excluding carboxylic acids is 1. The van der Waals surface area contributed by atoms with Crippen LogP contribution < -0.4 is 5.32 Å². The summed E-state index contributed by atoms with van der Waals surface area (Å²) in [5.74, 6) is 2.54. The molecule has 0 saturated heterocycles. The van der Waals surface area contributed by atoms with Crippen LogP contribution in [-0.2, 0) is 11.2 Å². The number of imidazole rings is 1. The summed E-state index contributed by atoms with van der Waals surface area (Å²) in [6, 6.07) is 7.72. The normalized spacial score (nSPS) is 12.8. The van der Waals surface area contributed by atoms with Crippen molar-refractivity contribution >= 4 is 16.9 Å². The van der Waals surface area contributed by atoms with E-state index in [1.807, 2.05) is 38.1 Å². The minimum absolute atomic E-state index is 0.00208. The summed E-state index contributed by atoms with van der Waals surface area (Å²) < 4.78 is 5.22. The third-order valence-electron chi connectivity index (χ3n) is 4.48. The number of amides is 1. The number of aryl methyl sites for hydroxylation is 1. The molecule has 0 radical (unpaired) electrons. The average molecular weight is 369 g/mol. The minimum Gasteiger partial charge on any atom is -0.346 e. The number of carbonyl (C=O) groups is 1. The molecule has 0 aliphatic carbocycles. The van der Waals surface area contributed by atoms with Gasteiger partial charge in [-0.25, -0.2) is 4.98 Å². The van der Waals surface area contributed by atoms with Gasteiger partial charge in [0.15, 0.2) is 5.82 Å². The number of hydrogen-bond acceptors (Lipinski definition) is 5. The highest BCUT2D eigenvalue weighted by Crippen LogP contribution is 2.22.